The number of hydrogen-bond acceptors (Lipinski definition) is 4. The van der Waals surface area contributed by atoms with Crippen LogP contribution in [0.15, 0.2) is 0 Å². The number of fused-ring (bicyclic) bond motifs is 1. The first-order valence-electron chi connectivity index (χ1n) is 7.43. The third-order valence-electron chi connectivity index (χ3n) is 3.35. The molecule has 0 unspecified atom stereocenters. The highest BCUT2D eigenvalue weighted by Crippen LogP contribution is 2.15. The Kier molecular flexibility index (Phi) is 4.55. The number of nitrogens with one attached hydrogen (secondary N) is 1. The van der Waals surface area contributed by atoms with Gasteiger partial charge in [0.15, 0.2) is 5.82 Å². The van der Waals surface area contributed by atoms with Gasteiger partial charge in [-0.25, -0.2) is 9.50 Å². The average Bonchev–Trinajstić information content (AvgIpc) is 2.77. The van der Waals surface area contributed by atoms with E-state index in [-0.39, 0.29) is 11.9 Å². The molecule has 1 N–H and O–H groups in total. The number of aryl methyl sites for hydroxylation is 3. The number of amides is 1. The molecule has 6 heteroatoms. The summed E-state index contributed by atoms with van der Waals surface area (Å²) in [5.41, 5.74) is 2.70. The zero-order valence-electron chi connectivity index (χ0n) is 13.4. The van der Waals surface area contributed by atoms with Gasteiger partial charge >= 0.3 is 0 Å². The lowest BCUT2D eigenvalue weighted by molar-refractivity contribution is -0.120. The van der Waals surface area contributed by atoms with Crippen molar-refractivity contribution in [3.63, 3.8) is 0 Å². The van der Waals surface area contributed by atoms with E-state index in [0.717, 1.165) is 35.6 Å². The quantitative estimate of drug-likeness (QED) is 0.910. The minimum absolute atomic E-state index is 0.00578. The first-order chi connectivity index (χ1) is 9.92. The van der Waals surface area contributed by atoms with Gasteiger partial charge in [-0.05, 0) is 34.1 Å². The van der Waals surface area contributed by atoms with E-state index in [9.17, 15) is 4.79 Å². The van der Waals surface area contributed by atoms with Crippen LogP contribution in [-0.2, 0) is 17.6 Å². The summed E-state index contributed by atoms with van der Waals surface area (Å²) in [5.74, 6) is 1.42. The lowest BCUT2D eigenvalue weighted by atomic mass is 10.1. The minimum Gasteiger partial charge on any atom is -0.354 e. The van der Waals surface area contributed by atoms with Gasteiger partial charge in [-0.1, -0.05) is 6.92 Å². The predicted octanol–water partition coefficient (Wildman–Crippen LogP) is 1.76. The Balaban J connectivity index is 2.37. The van der Waals surface area contributed by atoms with Crippen molar-refractivity contribution in [2.75, 3.05) is 0 Å². The Morgan fingerprint density at radius 1 is 1.29 bits per heavy atom. The van der Waals surface area contributed by atoms with Gasteiger partial charge in [-0.2, -0.15) is 4.98 Å². The third kappa shape index (κ3) is 3.37. The summed E-state index contributed by atoms with van der Waals surface area (Å²) in [5, 5.41) is 7.39. The van der Waals surface area contributed by atoms with E-state index in [1.54, 1.807) is 4.52 Å². The van der Waals surface area contributed by atoms with Crippen LogP contribution >= 0.6 is 0 Å². The van der Waals surface area contributed by atoms with E-state index in [1.807, 2.05) is 27.7 Å². The second-order valence-electron chi connectivity index (χ2n) is 5.65. The van der Waals surface area contributed by atoms with Gasteiger partial charge in [-0.15, -0.1) is 5.10 Å². The van der Waals surface area contributed by atoms with Crippen LogP contribution in [0.4, 0.5) is 0 Å². The Morgan fingerprint density at radius 3 is 2.62 bits per heavy atom. The standard InChI is InChI=1S/C15H23N5O/c1-6-7-13-18-15-17-10(4)12(11(5)20(15)19-13)8-14(21)16-9(2)3/h9H,6-8H2,1-5H3,(H,16,21). The van der Waals surface area contributed by atoms with Crippen LogP contribution in [0.25, 0.3) is 5.78 Å². The summed E-state index contributed by atoms with van der Waals surface area (Å²) in [6, 6.07) is 0.136. The van der Waals surface area contributed by atoms with E-state index in [2.05, 4.69) is 27.3 Å². The number of carbonyl (C=O) groups is 1. The number of carbonyl (C=O) groups excluding carboxylic acids is 1. The molecule has 0 aromatic carbocycles. The number of aromatic nitrogens is 4. The van der Waals surface area contributed by atoms with Gasteiger partial charge < -0.3 is 5.32 Å². The molecule has 0 fully saturated rings. The van der Waals surface area contributed by atoms with Gasteiger partial charge in [0.05, 0.1) is 6.42 Å². The molecule has 2 heterocycles. The van der Waals surface area contributed by atoms with Crippen LogP contribution in [0.5, 0.6) is 0 Å². The fourth-order valence-electron chi connectivity index (χ4n) is 2.37. The Hall–Kier alpha value is -1.98. The average molecular weight is 289 g/mol. The maximum absolute atomic E-state index is 12.0. The van der Waals surface area contributed by atoms with E-state index in [4.69, 9.17) is 0 Å². The number of rotatable bonds is 5. The SMILES string of the molecule is CCCc1nc2nc(C)c(CC(=O)NC(C)C)c(C)n2n1. The van der Waals surface area contributed by atoms with Crippen molar-refractivity contribution in [2.45, 2.75) is 59.9 Å². The Bertz CT molecular complexity index is 660. The predicted molar refractivity (Wildman–Crippen MR) is 81.2 cm³/mol. The van der Waals surface area contributed by atoms with Crippen LogP contribution in [0, 0.1) is 13.8 Å². The fraction of sp³-hybridized carbons (Fsp3) is 0.600. The van der Waals surface area contributed by atoms with Crippen molar-refractivity contribution < 1.29 is 4.79 Å². The van der Waals surface area contributed by atoms with Crippen LogP contribution in [0.2, 0.25) is 0 Å². The van der Waals surface area contributed by atoms with E-state index in [1.165, 1.54) is 0 Å². The first-order valence-corrected chi connectivity index (χ1v) is 7.43. The molecular formula is C15H23N5O. The van der Waals surface area contributed by atoms with Gasteiger partial charge in [0, 0.05) is 29.4 Å². The summed E-state index contributed by atoms with van der Waals surface area (Å²) in [6.07, 6.45) is 2.16. The summed E-state index contributed by atoms with van der Waals surface area (Å²) in [7, 11) is 0. The molecule has 0 spiro atoms. The normalized spacial score (nSPS) is 11.3. The Labute approximate surface area is 125 Å². The molecule has 2 aromatic heterocycles. The molecular weight excluding hydrogens is 266 g/mol. The summed E-state index contributed by atoms with van der Waals surface area (Å²) >= 11 is 0. The smallest absolute Gasteiger partial charge is 0.252 e. The summed E-state index contributed by atoms with van der Waals surface area (Å²) in [4.78, 5) is 20.9. The highest BCUT2D eigenvalue weighted by atomic mass is 16.1. The van der Waals surface area contributed by atoms with Crippen LogP contribution in [0.1, 0.15) is 50.0 Å². The molecule has 6 nitrogen and oxygen atoms in total. The van der Waals surface area contributed by atoms with Crippen molar-refractivity contribution in [1.82, 2.24) is 24.9 Å². The van der Waals surface area contributed by atoms with Gasteiger partial charge in [0.1, 0.15) is 0 Å². The Morgan fingerprint density at radius 2 is 2.00 bits per heavy atom. The summed E-state index contributed by atoms with van der Waals surface area (Å²) in [6.45, 7) is 9.88. The van der Waals surface area contributed by atoms with E-state index in [0.29, 0.717) is 12.2 Å². The zero-order chi connectivity index (χ0) is 15.6. The molecule has 0 aliphatic carbocycles. The number of hydrogen-bond donors (Lipinski definition) is 1. The molecule has 0 aliphatic heterocycles. The van der Waals surface area contributed by atoms with Crippen molar-refractivity contribution in [3.8, 4) is 0 Å². The van der Waals surface area contributed by atoms with Crippen molar-refractivity contribution >= 4 is 11.7 Å². The molecule has 2 aromatic rings. The van der Waals surface area contributed by atoms with Crippen molar-refractivity contribution in [3.05, 3.63) is 22.8 Å². The highest BCUT2D eigenvalue weighted by molar-refractivity contribution is 5.79. The fourth-order valence-corrected chi connectivity index (χ4v) is 2.37. The largest absolute Gasteiger partial charge is 0.354 e. The van der Waals surface area contributed by atoms with Gasteiger partial charge in [0.25, 0.3) is 5.78 Å². The van der Waals surface area contributed by atoms with Crippen LogP contribution in [-0.4, -0.2) is 31.5 Å². The lowest BCUT2D eigenvalue weighted by Crippen LogP contribution is -2.32. The van der Waals surface area contributed by atoms with Gasteiger partial charge in [0.2, 0.25) is 5.91 Å². The van der Waals surface area contributed by atoms with Crippen LogP contribution in [0.3, 0.4) is 0 Å². The van der Waals surface area contributed by atoms with E-state index < -0.39 is 0 Å². The molecule has 0 bridgehead atoms. The molecule has 1 amide bonds. The second-order valence-corrected chi connectivity index (χ2v) is 5.65. The van der Waals surface area contributed by atoms with E-state index >= 15 is 0 Å². The summed E-state index contributed by atoms with van der Waals surface area (Å²) < 4.78 is 1.75. The maximum Gasteiger partial charge on any atom is 0.252 e. The van der Waals surface area contributed by atoms with Crippen LogP contribution < -0.4 is 5.32 Å². The molecule has 0 saturated carbocycles. The maximum atomic E-state index is 12.0. The van der Waals surface area contributed by atoms with Crippen molar-refractivity contribution in [2.24, 2.45) is 0 Å². The molecule has 2 rings (SSSR count). The van der Waals surface area contributed by atoms with Crippen molar-refractivity contribution in [1.29, 1.82) is 0 Å². The second kappa shape index (κ2) is 6.20. The highest BCUT2D eigenvalue weighted by Gasteiger charge is 2.16. The topological polar surface area (TPSA) is 72.2 Å². The molecule has 0 saturated heterocycles. The minimum atomic E-state index is 0.00578. The molecule has 0 atom stereocenters. The zero-order valence-corrected chi connectivity index (χ0v) is 13.4. The third-order valence-corrected chi connectivity index (χ3v) is 3.35. The molecule has 21 heavy (non-hydrogen) atoms. The monoisotopic (exact) mass is 289 g/mol. The first kappa shape index (κ1) is 15.4. The lowest BCUT2D eigenvalue weighted by Gasteiger charge is -2.12. The molecule has 114 valence electrons. The number of nitrogens with zero attached hydrogens (tertiary/aromatic N) is 4. The molecule has 0 aliphatic rings. The van der Waals surface area contributed by atoms with Gasteiger partial charge in [-0.3, -0.25) is 4.79 Å². The molecule has 0 radical (unpaired) electrons.